The number of anilines is 1. The monoisotopic (exact) mass is 438 g/mol. The molecule has 0 unspecified atom stereocenters. The first-order valence-electron chi connectivity index (χ1n) is 9.18. The summed E-state index contributed by atoms with van der Waals surface area (Å²) in [4.78, 5) is 42.5. The molecule has 0 fully saturated rings. The van der Waals surface area contributed by atoms with Crippen molar-refractivity contribution in [2.24, 2.45) is 0 Å². The normalized spacial score (nSPS) is 15.2. The highest BCUT2D eigenvalue weighted by molar-refractivity contribution is 8.01. The lowest BCUT2D eigenvalue weighted by Gasteiger charge is -2.21. The van der Waals surface area contributed by atoms with Crippen LogP contribution in [0.1, 0.15) is 17.3 Å². The standard InChI is InChI=1S/C21H18N4O3S2/c1-12-20(27)23-15-10-14(7-8-16(15)30-12)21(28)25-24-18(26)11-29-17-6-2-4-13-5-3-9-22-19(13)17/h2-10,12H,11H2,1H3,(H,23,27)(H,24,26)(H,25,28)/t12-/m0/s1. The second kappa shape index (κ2) is 8.76. The minimum absolute atomic E-state index is 0.0988. The van der Waals surface area contributed by atoms with Crippen molar-refractivity contribution in [3.05, 3.63) is 60.3 Å². The fourth-order valence-corrected chi connectivity index (χ4v) is 4.69. The summed E-state index contributed by atoms with van der Waals surface area (Å²) in [6.07, 6.45) is 1.72. The topological polar surface area (TPSA) is 100 Å². The third-order valence-electron chi connectivity index (χ3n) is 4.44. The number of nitrogens with zero attached hydrogens (tertiary/aromatic N) is 1. The largest absolute Gasteiger partial charge is 0.324 e. The Bertz CT molecular complexity index is 1150. The number of rotatable bonds is 4. The van der Waals surface area contributed by atoms with Gasteiger partial charge < -0.3 is 5.32 Å². The summed E-state index contributed by atoms with van der Waals surface area (Å²) in [5, 5.41) is 3.61. The number of thioether (sulfide) groups is 2. The molecule has 2 heterocycles. The van der Waals surface area contributed by atoms with Crippen LogP contribution in [-0.2, 0) is 9.59 Å². The SMILES string of the molecule is C[C@@H]1Sc2ccc(C(=O)NNC(=O)CSc3cccc4cccnc34)cc2NC1=O. The maximum Gasteiger partial charge on any atom is 0.269 e. The van der Waals surface area contributed by atoms with Gasteiger partial charge in [0, 0.05) is 26.9 Å². The van der Waals surface area contributed by atoms with Crippen molar-refractivity contribution >= 4 is 57.8 Å². The van der Waals surface area contributed by atoms with Crippen LogP contribution in [0.25, 0.3) is 10.9 Å². The summed E-state index contributed by atoms with van der Waals surface area (Å²) in [7, 11) is 0. The highest BCUT2D eigenvalue weighted by atomic mass is 32.2. The zero-order chi connectivity index (χ0) is 21.1. The molecule has 0 saturated carbocycles. The van der Waals surface area contributed by atoms with Crippen molar-refractivity contribution in [2.45, 2.75) is 22.0 Å². The molecule has 3 amide bonds. The zero-order valence-electron chi connectivity index (χ0n) is 16.0. The quantitative estimate of drug-likeness (QED) is 0.427. The number of amides is 3. The summed E-state index contributed by atoms with van der Waals surface area (Å²) in [6, 6.07) is 14.7. The summed E-state index contributed by atoms with van der Waals surface area (Å²) < 4.78 is 0. The van der Waals surface area contributed by atoms with E-state index in [0.717, 1.165) is 20.7 Å². The van der Waals surface area contributed by atoms with E-state index in [2.05, 4.69) is 21.2 Å². The van der Waals surface area contributed by atoms with Gasteiger partial charge in [0.25, 0.3) is 5.91 Å². The van der Waals surface area contributed by atoms with Gasteiger partial charge in [-0.15, -0.1) is 23.5 Å². The maximum absolute atomic E-state index is 12.4. The fourth-order valence-electron chi connectivity index (χ4n) is 2.92. The molecule has 3 N–H and O–H groups in total. The predicted octanol–water partition coefficient (Wildman–Crippen LogP) is 3.22. The average molecular weight is 439 g/mol. The Morgan fingerprint density at radius 3 is 2.87 bits per heavy atom. The van der Waals surface area contributed by atoms with E-state index in [4.69, 9.17) is 0 Å². The number of para-hydroxylation sites is 1. The van der Waals surface area contributed by atoms with Crippen molar-refractivity contribution in [1.82, 2.24) is 15.8 Å². The molecule has 7 nitrogen and oxygen atoms in total. The van der Waals surface area contributed by atoms with E-state index in [0.29, 0.717) is 11.3 Å². The Labute approximate surface area is 181 Å². The highest BCUT2D eigenvalue weighted by Crippen LogP contribution is 2.35. The predicted molar refractivity (Wildman–Crippen MR) is 118 cm³/mol. The van der Waals surface area contributed by atoms with Crippen LogP contribution in [0.4, 0.5) is 5.69 Å². The van der Waals surface area contributed by atoms with Gasteiger partial charge >= 0.3 is 0 Å². The summed E-state index contributed by atoms with van der Waals surface area (Å²) in [5.74, 6) is -0.763. The number of nitrogens with one attached hydrogen (secondary N) is 3. The molecule has 3 aromatic rings. The number of carbonyl (C=O) groups excluding carboxylic acids is 3. The van der Waals surface area contributed by atoms with Crippen LogP contribution in [-0.4, -0.2) is 33.7 Å². The number of hydrogen-bond donors (Lipinski definition) is 3. The summed E-state index contributed by atoms with van der Waals surface area (Å²) in [5.41, 5.74) is 6.61. The van der Waals surface area contributed by atoms with Gasteiger partial charge in [0.15, 0.2) is 0 Å². The molecular formula is C21H18N4O3S2. The highest BCUT2D eigenvalue weighted by Gasteiger charge is 2.23. The Morgan fingerprint density at radius 2 is 2.00 bits per heavy atom. The number of hydrazine groups is 1. The minimum Gasteiger partial charge on any atom is -0.324 e. The molecule has 0 bridgehead atoms. The minimum atomic E-state index is -0.458. The van der Waals surface area contributed by atoms with Gasteiger partial charge in [-0.1, -0.05) is 18.2 Å². The molecule has 9 heteroatoms. The number of hydrogen-bond acceptors (Lipinski definition) is 6. The molecule has 4 rings (SSSR count). The zero-order valence-corrected chi connectivity index (χ0v) is 17.6. The third kappa shape index (κ3) is 4.42. The second-order valence-corrected chi connectivity index (χ2v) is 8.98. The van der Waals surface area contributed by atoms with E-state index in [1.807, 2.05) is 37.3 Å². The van der Waals surface area contributed by atoms with Crippen molar-refractivity contribution < 1.29 is 14.4 Å². The Kier molecular flexibility index (Phi) is 5.91. The maximum atomic E-state index is 12.4. The first-order valence-corrected chi connectivity index (χ1v) is 11.0. The Balaban J connectivity index is 1.33. The van der Waals surface area contributed by atoms with Gasteiger partial charge in [-0.2, -0.15) is 0 Å². The number of aromatic nitrogens is 1. The first kappa shape index (κ1) is 20.2. The van der Waals surface area contributed by atoms with Crippen LogP contribution in [0, 0.1) is 0 Å². The molecule has 2 aromatic carbocycles. The summed E-state index contributed by atoms with van der Waals surface area (Å²) in [6.45, 7) is 1.82. The molecule has 0 spiro atoms. The molecule has 1 aliphatic heterocycles. The van der Waals surface area contributed by atoms with Gasteiger partial charge in [-0.3, -0.25) is 30.2 Å². The van der Waals surface area contributed by atoms with Crippen molar-refractivity contribution in [1.29, 1.82) is 0 Å². The van der Waals surface area contributed by atoms with Crippen LogP contribution in [0.3, 0.4) is 0 Å². The van der Waals surface area contributed by atoms with Crippen LogP contribution < -0.4 is 16.2 Å². The van der Waals surface area contributed by atoms with Crippen LogP contribution in [0.2, 0.25) is 0 Å². The number of benzene rings is 2. The average Bonchev–Trinajstić information content (AvgIpc) is 2.76. The van der Waals surface area contributed by atoms with Gasteiger partial charge in [0.2, 0.25) is 11.8 Å². The third-order valence-corrected chi connectivity index (χ3v) is 6.67. The van der Waals surface area contributed by atoms with Gasteiger partial charge in [-0.05, 0) is 37.3 Å². The molecule has 0 radical (unpaired) electrons. The molecule has 1 atom stereocenters. The van der Waals surface area contributed by atoms with E-state index >= 15 is 0 Å². The molecule has 1 aliphatic rings. The Morgan fingerprint density at radius 1 is 1.17 bits per heavy atom. The molecular weight excluding hydrogens is 420 g/mol. The van der Waals surface area contributed by atoms with Crippen molar-refractivity contribution in [3.63, 3.8) is 0 Å². The summed E-state index contributed by atoms with van der Waals surface area (Å²) >= 11 is 2.79. The molecule has 1 aromatic heterocycles. The van der Waals surface area contributed by atoms with Crippen LogP contribution in [0.5, 0.6) is 0 Å². The van der Waals surface area contributed by atoms with E-state index in [9.17, 15) is 14.4 Å². The van der Waals surface area contributed by atoms with Gasteiger partial charge in [-0.25, -0.2) is 0 Å². The van der Waals surface area contributed by atoms with Gasteiger partial charge in [0.05, 0.1) is 22.2 Å². The first-order chi connectivity index (χ1) is 14.5. The lowest BCUT2D eigenvalue weighted by molar-refractivity contribution is -0.119. The number of fused-ring (bicyclic) bond motifs is 2. The molecule has 0 saturated heterocycles. The van der Waals surface area contributed by atoms with E-state index in [1.165, 1.54) is 23.5 Å². The van der Waals surface area contributed by atoms with E-state index < -0.39 is 5.91 Å². The van der Waals surface area contributed by atoms with Gasteiger partial charge in [0.1, 0.15) is 0 Å². The van der Waals surface area contributed by atoms with Crippen LogP contribution >= 0.6 is 23.5 Å². The number of carbonyl (C=O) groups is 3. The lowest BCUT2D eigenvalue weighted by Crippen LogP contribution is -2.42. The van der Waals surface area contributed by atoms with Crippen LogP contribution in [0.15, 0.2) is 64.5 Å². The second-order valence-electron chi connectivity index (χ2n) is 6.58. The van der Waals surface area contributed by atoms with E-state index in [1.54, 1.807) is 24.4 Å². The van der Waals surface area contributed by atoms with Crippen molar-refractivity contribution in [2.75, 3.05) is 11.1 Å². The number of pyridine rings is 1. The Hall–Kier alpha value is -3.04. The lowest BCUT2D eigenvalue weighted by atomic mass is 10.2. The fraction of sp³-hybridized carbons (Fsp3) is 0.143. The van der Waals surface area contributed by atoms with Crippen molar-refractivity contribution in [3.8, 4) is 0 Å². The smallest absolute Gasteiger partial charge is 0.269 e. The van der Waals surface area contributed by atoms with E-state index in [-0.39, 0.29) is 22.8 Å². The molecule has 0 aliphatic carbocycles. The molecule has 30 heavy (non-hydrogen) atoms. The molecule has 152 valence electrons.